The third-order valence-corrected chi connectivity index (χ3v) is 5.72. The second kappa shape index (κ2) is 6.98. The third kappa shape index (κ3) is 4.11. The molecule has 1 aromatic heterocycles. The number of halogens is 2. The fourth-order valence-electron chi connectivity index (χ4n) is 2.56. The molecule has 2 rings (SSSR count). The summed E-state index contributed by atoms with van der Waals surface area (Å²) in [5.74, 6) is 0.0941. The first-order chi connectivity index (χ1) is 9.36. The van der Waals surface area contributed by atoms with Gasteiger partial charge in [0.25, 0.3) is 0 Å². The number of carbonyl (C=O) groups is 1. The van der Waals surface area contributed by atoms with Crippen LogP contribution in [0.4, 0.5) is 0 Å². The predicted molar refractivity (Wildman–Crippen MR) is 88.6 cm³/mol. The number of likely N-dealkylation sites (tertiary alicyclic amines) is 1. The van der Waals surface area contributed by atoms with Gasteiger partial charge in [0.1, 0.15) is 0 Å². The number of aliphatic hydroxyl groups is 1. The van der Waals surface area contributed by atoms with Gasteiger partial charge in [-0.25, -0.2) is 0 Å². The van der Waals surface area contributed by atoms with Crippen molar-refractivity contribution in [3.8, 4) is 0 Å². The van der Waals surface area contributed by atoms with Crippen LogP contribution in [0.25, 0.3) is 0 Å². The summed E-state index contributed by atoms with van der Waals surface area (Å²) in [6.07, 6.45) is 0.408. The van der Waals surface area contributed by atoms with Crippen molar-refractivity contribution in [1.29, 1.82) is 0 Å². The van der Waals surface area contributed by atoms with E-state index in [1.807, 2.05) is 20.2 Å². The molecule has 1 fully saturated rings. The number of nitrogens with zero attached hydrogens (tertiary/aromatic N) is 2. The molecule has 0 spiro atoms. The highest BCUT2D eigenvalue weighted by atomic mass is 79.9. The van der Waals surface area contributed by atoms with Crippen LogP contribution in [0, 0.1) is 0 Å². The van der Waals surface area contributed by atoms with E-state index in [2.05, 4.69) is 41.7 Å². The van der Waals surface area contributed by atoms with Crippen LogP contribution in [0.3, 0.4) is 0 Å². The number of rotatable bonds is 5. The molecule has 0 aliphatic carbocycles. The maximum absolute atomic E-state index is 12.4. The standard InChI is InChI=1S/C13H18Br2N2O2S/c1-16(2)5-8-3-9(18)6-17(8)7-11(19)10-4-12(14)20-13(10)15/h4,8-9,18H,3,5-7H2,1-2H3. The molecule has 0 amide bonds. The second-order valence-corrected chi connectivity index (χ2v) is 9.15. The van der Waals surface area contributed by atoms with Crippen molar-refractivity contribution in [2.45, 2.75) is 18.6 Å². The first-order valence-electron chi connectivity index (χ1n) is 6.41. The van der Waals surface area contributed by atoms with Crippen LogP contribution in [0.5, 0.6) is 0 Å². The van der Waals surface area contributed by atoms with Crippen LogP contribution < -0.4 is 0 Å². The van der Waals surface area contributed by atoms with E-state index < -0.39 is 0 Å². The van der Waals surface area contributed by atoms with Crippen molar-refractivity contribution in [3.05, 3.63) is 19.2 Å². The Balaban J connectivity index is 2.04. The molecule has 2 unspecified atom stereocenters. The molecule has 0 saturated carbocycles. The van der Waals surface area contributed by atoms with E-state index in [0.29, 0.717) is 18.7 Å². The van der Waals surface area contributed by atoms with Crippen LogP contribution in [-0.2, 0) is 0 Å². The average Bonchev–Trinajstić information content (AvgIpc) is 2.81. The van der Waals surface area contributed by atoms with Crippen LogP contribution in [-0.4, -0.2) is 66.6 Å². The molecule has 1 aromatic rings. The Bertz CT molecular complexity index is 493. The van der Waals surface area contributed by atoms with Gasteiger partial charge in [-0.3, -0.25) is 9.69 Å². The van der Waals surface area contributed by atoms with E-state index >= 15 is 0 Å². The molecular weight excluding hydrogens is 408 g/mol. The number of carbonyl (C=O) groups excluding carboxylic acids is 1. The lowest BCUT2D eigenvalue weighted by molar-refractivity contribution is 0.0902. The summed E-state index contributed by atoms with van der Waals surface area (Å²) in [4.78, 5) is 16.6. The molecule has 1 saturated heterocycles. The van der Waals surface area contributed by atoms with Gasteiger partial charge in [0, 0.05) is 24.7 Å². The van der Waals surface area contributed by atoms with Crippen LogP contribution >= 0.6 is 43.2 Å². The molecule has 20 heavy (non-hydrogen) atoms. The number of aliphatic hydroxyl groups excluding tert-OH is 1. The quantitative estimate of drug-likeness (QED) is 0.736. The highest BCUT2D eigenvalue weighted by Crippen LogP contribution is 2.32. The van der Waals surface area contributed by atoms with E-state index in [4.69, 9.17) is 0 Å². The van der Waals surface area contributed by atoms with E-state index in [1.54, 1.807) is 0 Å². The first-order valence-corrected chi connectivity index (χ1v) is 8.82. The van der Waals surface area contributed by atoms with Gasteiger partial charge >= 0.3 is 0 Å². The third-order valence-electron chi connectivity index (χ3n) is 3.39. The Hall–Kier alpha value is 0.210. The molecular formula is C13H18Br2N2O2S. The number of ketones is 1. The molecule has 1 aliphatic rings. The average molecular weight is 426 g/mol. The zero-order chi connectivity index (χ0) is 14.9. The van der Waals surface area contributed by atoms with Crippen LogP contribution in [0.1, 0.15) is 16.8 Å². The normalized spacial score (nSPS) is 23.7. The van der Waals surface area contributed by atoms with Gasteiger partial charge in [-0.05, 0) is 58.4 Å². The van der Waals surface area contributed by atoms with Gasteiger partial charge in [-0.1, -0.05) is 0 Å². The number of Topliss-reactive ketones (excluding diaryl/α,β-unsaturated/α-hetero) is 1. The fraction of sp³-hybridized carbons (Fsp3) is 0.615. The molecule has 112 valence electrons. The number of hydrogen-bond donors (Lipinski definition) is 1. The SMILES string of the molecule is CN(C)CC1CC(O)CN1CC(=O)c1cc(Br)sc1Br. The monoisotopic (exact) mass is 424 g/mol. The highest BCUT2D eigenvalue weighted by molar-refractivity contribution is 9.12. The Kier molecular flexibility index (Phi) is 5.79. The van der Waals surface area contributed by atoms with Crippen molar-refractivity contribution in [2.75, 3.05) is 33.7 Å². The van der Waals surface area contributed by atoms with Crippen molar-refractivity contribution in [1.82, 2.24) is 9.80 Å². The van der Waals surface area contributed by atoms with Crippen molar-refractivity contribution < 1.29 is 9.90 Å². The lowest BCUT2D eigenvalue weighted by Crippen LogP contribution is -2.40. The molecule has 4 nitrogen and oxygen atoms in total. The van der Waals surface area contributed by atoms with Crippen molar-refractivity contribution >= 4 is 49.0 Å². The number of hydrogen-bond acceptors (Lipinski definition) is 5. The van der Waals surface area contributed by atoms with Crippen LogP contribution in [0.15, 0.2) is 13.6 Å². The van der Waals surface area contributed by atoms with Gasteiger partial charge in [0.2, 0.25) is 0 Å². The molecule has 0 bridgehead atoms. The number of likely N-dealkylation sites (N-methyl/N-ethyl adjacent to an activating group) is 1. The predicted octanol–water partition coefficient (Wildman–Crippen LogP) is 2.45. The Morgan fingerprint density at radius 2 is 2.25 bits per heavy atom. The molecule has 0 aromatic carbocycles. The lowest BCUT2D eigenvalue weighted by Gasteiger charge is -2.25. The molecule has 2 heterocycles. The maximum Gasteiger partial charge on any atom is 0.178 e. The molecule has 0 radical (unpaired) electrons. The maximum atomic E-state index is 12.4. The number of thiophene rings is 1. The Morgan fingerprint density at radius 3 is 2.80 bits per heavy atom. The minimum atomic E-state index is -0.328. The van der Waals surface area contributed by atoms with Gasteiger partial charge in [0.15, 0.2) is 5.78 Å². The number of β-amino-alcohol motifs (C(OH)–C–C–N with tert-alkyl or cyclic N) is 1. The Morgan fingerprint density at radius 1 is 1.55 bits per heavy atom. The zero-order valence-electron chi connectivity index (χ0n) is 11.5. The van der Waals surface area contributed by atoms with E-state index in [0.717, 1.165) is 20.5 Å². The smallest absolute Gasteiger partial charge is 0.178 e. The largest absolute Gasteiger partial charge is 0.392 e. The van der Waals surface area contributed by atoms with Crippen molar-refractivity contribution in [2.24, 2.45) is 0 Å². The zero-order valence-corrected chi connectivity index (χ0v) is 15.5. The minimum absolute atomic E-state index is 0.0941. The fourth-order valence-corrected chi connectivity index (χ4v) is 5.42. The summed E-state index contributed by atoms with van der Waals surface area (Å²) in [7, 11) is 4.02. The van der Waals surface area contributed by atoms with E-state index in [1.165, 1.54) is 11.3 Å². The summed E-state index contributed by atoms with van der Waals surface area (Å²) in [5, 5.41) is 9.84. The summed E-state index contributed by atoms with van der Waals surface area (Å²) < 4.78 is 1.80. The summed E-state index contributed by atoms with van der Waals surface area (Å²) in [5.41, 5.74) is 0.715. The minimum Gasteiger partial charge on any atom is -0.392 e. The summed E-state index contributed by atoms with van der Waals surface area (Å²) >= 11 is 8.32. The molecule has 1 N–H and O–H groups in total. The highest BCUT2D eigenvalue weighted by Gasteiger charge is 2.32. The van der Waals surface area contributed by atoms with Gasteiger partial charge < -0.3 is 10.0 Å². The van der Waals surface area contributed by atoms with E-state index in [9.17, 15) is 9.90 Å². The summed E-state index contributed by atoms with van der Waals surface area (Å²) in [6.45, 7) is 1.79. The van der Waals surface area contributed by atoms with Gasteiger partial charge in [-0.2, -0.15) is 0 Å². The molecule has 1 aliphatic heterocycles. The summed E-state index contributed by atoms with van der Waals surface area (Å²) in [6, 6.07) is 2.09. The topological polar surface area (TPSA) is 43.8 Å². The second-order valence-electron chi connectivity index (χ2n) is 5.40. The molecule has 2 atom stereocenters. The van der Waals surface area contributed by atoms with Crippen molar-refractivity contribution in [3.63, 3.8) is 0 Å². The lowest BCUT2D eigenvalue weighted by atomic mass is 10.1. The van der Waals surface area contributed by atoms with E-state index in [-0.39, 0.29) is 17.9 Å². The van der Waals surface area contributed by atoms with Gasteiger partial charge in [-0.15, -0.1) is 11.3 Å². The van der Waals surface area contributed by atoms with Gasteiger partial charge in [0.05, 0.1) is 20.2 Å². The van der Waals surface area contributed by atoms with Crippen LogP contribution in [0.2, 0.25) is 0 Å². The Labute approximate surface area is 140 Å². The molecule has 7 heteroatoms. The first kappa shape index (κ1) is 16.6.